The molecule has 2 aromatic carbocycles. The van der Waals surface area contributed by atoms with Crippen molar-refractivity contribution in [2.75, 3.05) is 20.8 Å². The third-order valence-electron chi connectivity index (χ3n) is 4.81. The molecule has 0 unspecified atom stereocenters. The summed E-state index contributed by atoms with van der Waals surface area (Å²) in [5, 5.41) is 21.8. The zero-order chi connectivity index (χ0) is 23.6. The Morgan fingerprint density at radius 3 is 2.53 bits per heavy atom. The molecule has 0 amide bonds. The van der Waals surface area contributed by atoms with Gasteiger partial charge in [-0.25, -0.2) is 4.79 Å². The second kappa shape index (κ2) is 9.15. The van der Waals surface area contributed by atoms with Gasteiger partial charge in [0, 0.05) is 23.1 Å². The number of carbonyl (C=O) groups is 1. The fraction of sp³-hybridized carbons (Fsp3) is 0.238. The van der Waals surface area contributed by atoms with E-state index < -0.39 is 33.5 Å². The van der Waals surface area contributed by atoms with Crippen molar-refractivity contribution >= 4 is 34.2 Å². The molecule has 168 valence electrons. The number of nitro benzene ring substituents is 1. The molecule has 0 aliphatic carbocycles. The molecule has 0 aliphatic heterocycles. The van der Waals surface area contributed by atoms with Crippen molar-refractivity contribution in [1.82, 2.24) is 4.57 Å². The number of nitro groups is 1. The Morgan fingerprint density at radius 1 is 1.22 bits per heavy atom. The molecule has 0 saturated carbocycles. The Labute approximate surface area is 186 Å². The van der Waals surface area contributed by atoms with E-state index in [1.165, 1.54) is 14.2 Å². The Morgan fingerprint density at radius 2 is 1.94 bits per heavy atom. The van der Waals surface area contributed by atoms with E-state index in [2.05, 4.69) is 0 Å². The Balaban J connectivity index is 2.36. The molecular weight excluding hydrogens is 444 g/mol. The number of pyridine rings is 1. The van der Waals surface area contributed by atoms with Crippen LogP contribution in [0.4, 0.5) is 5.69 Å². The monoisotopic (exact) mass is 462 g/mol. The standard InChI is InChI=1S/C21H19ClN2O8/c1-4-32-21(27)18-19(25)13-8-14(22)16(24(28)29)9-15(13)23(20(18)26)10-11-5-6-12(30-2)7-17(11)31-3/h5-9,25H,4,10H2,1-3H3. The van der Waals surface area contributed by atoms with Crippen LogP contribution in [0.15, 0.2) is 35.1 Å². The Kier molecular flexibility index (Phi) is 6.54. The molecule has 1 aromatic heterocycles. The molecule has 0 spiro atoms. The van der Waals surface area contributed by atoms with E-state index in [9.17, 15) is 24.8 Å². The molecule has 0 bridgehead atoms. The molecule has 0 radical (unpaired) electrons. The molecule has 0 aliphatic rings. The Hall–Kier alpha value is -3.79. The van der Waals surface area contributed by atoms with Crippen LogP contribution in [0.3, 0.4) is 0 Å². The van der Waals surface area contributed by atoms with Crippen molar-refractivity contribution in [1.29, 1.82) is 0 Å². The van der Waals surface area contributed by atoms with Gasteiger partial charge in [-0.3, -0.25) is 14.9 Å². The summed E-state index contributed by atoms with van der Waals surface area (Å²) in [6, 6.07) is 7.11. The van der Waals surface area contributed by atoms with Crippen LogP contribution in [0.1, 0.15) is 22.8 Å². The molecule has 0 saturated heterocycles. The number of aromatic hydroxyl groups is 1. The second-order valence-corrected chi connectivity index (χ2v) is 7.00. The van der Waals surface area contributed by atoms with Gasteiger partial charge in [-0.05, 0) is 25.1 Å². The van der Waals surface area contributed by atoms with Crippen molar-refractivity contribution in [2.24, 2.45) is 0 Å². The van der Waals surface area contributed by atoms with E-state index in [4.69, 9.17) is 25.8 Å². The summed E-state index contributed by atoms with van der Waals surface area (Å²) in [6.07, 6.45) is 0. The smallest absolute Gasteiger partial charge is 0.347 e. The number of hydrogen-bond donors (Lipinski definition) is 1. The highest BCUT2D eigenvalue weighted by molar-refractivity contribution is 6.33. The third-order valence-corrected chi connectivity index (χ3v) is 5.11. The molecule has 1 N–H and O–H groups in total. The van der Waals surface area contributed by atoms with E-state index in [0.29, 0.717) is 17.1 Å². The molecule has 3 rings (SSSR count). The molecule has 10 nitrogen and oxygen atoms in total. The number of halogens is 1. The zero-order valence-corrected chi connectivity index (χ0v) is 18.1. The van der Waals surface area contributed by atoms with Crippen molar-refractivity contribution < 1.29 is 29.0 Å². The predicted octanol–water partition coefficient (Wildman–Crippen LogP) is 3.51. The number of fused-ring (bicyclic) bond motifs is 1. The van der Waals surface area contributed by atoms with Gasteiger partial charge in [0.1, 0.15) is 22.3 Å². The topological polar surface area (TPSA) is 130 Å². The number of methoxy groups -OCH3 is 2. The quantitative estimate of drug-likeness (QED) is 0.320. The Bertz CT molecular complexity index is 1290. The average Bonchev–Trinajstić information content (AvgIpc) is 2.76. The van der Waals surface area contributed by atoms with Crippen LogP contribution in [0.25, 0.3) is 10.9 Å². The second-order valence-electron chi connectivity index (χ2n) is 6.59. The highest BCUT2D eigenvalue weighted by Crippen LogP contribution is 2.36. The van der Waals surface area contributed by atoms with Crippen molar-refractivity contribution in [3.8, 4) is 17.2 Å². The lowest BCUT2D eigenvalue weighted by Crippen LogP contribution is -2.28. The predicted molar refractivity (Wildman–Crippen MR) is 116 cm³/mol. The number of ether oxygens (including phenoxy) is 3. The maximum Gasteiger partial charge on any atom is 0.347 e. The minimum atomic E-state index is -1.03. The molecular formula is C21H19ClN2O8. The van der Waals surface area contributed by atoms with Gasteiger partial charge in [0.15, 0.2) is 5.56 Å². The van der Waals surface area contributed by atoms with Crippen LogP contribution in [-0.4, -0.2) is 41.4 Å². The van der Waals surface area contributed by atoms with Crippen LogP contribution in [-0.2, 0) is 11.3 Å². The van der Waals surface area contributed by atoms with Crippen molar-refractivity contribution in [3.63, 3.8) is 0 Å². The van der Waals surface area contributed by atoms with Gasteiger partial charge in [-0.1, -0.05) is 11.6 Å². The number of carbonyl (C=O) groups excluding carboxylic acids is 1. The van der Waals surface area contributed by atoms with Gasteiger partial charge in [-0.15, -0.1) is 0 Å². The van der Waals surface area contributed by atoms with E-state index in [1.807, 2.05) is 0 Å². The van der Waals surface area contributed by atoms with E-state index in [1.54, 1.807) is 25.1 Å². The highest BCUT2D eigenvalue weighted by atomic mass is 35.5. The molecule has 32 heavy (non-hydrogen) atoms. The number of nitrogens with zero attached hydrogens (tertiary/aromatic N) is 2. The van der Waals surface area contributed by atoms with Gasteiger partial charge < -0.3 is 23.9 Å². The largest absolute Gasteiger partial charge is 0.506 e. The summed E-state index contributed by atoms with van der Waals surface area (Å²) in [5.41, 5.74) is -1.42. The summed E-state index contributed by atoms with van der Waals surface area (Å²) < 4.78 is 16.6. The van der Waals surface area contributed by atoms with E-state index in [0.717, 1.165) is 16.7 Å². The van der Waals surface area contributed by atoms with Gasteiger partial charge in [0.05, 0.1) is 37.8 Å². The first-order valence-corrected chi connectivity index (χ1v) is 9.72. The fourth-order valence-electron chi connectivity index (χ4n) is 3.28. The molecule has 0 fully saturated rings. The minimum Gasteiger partial charge on any atom is -0.506 e. The molecule has 1 heterocycles. The van der Waals surface area contributed by atoms with E-state index >= 15 is 0 Å². The lowest BCUT2D eigenvalue weighted by molar-refractivity contribution is -0.384. The number of esters is 1. The van der Waals surface area contributed by atoms with Gasteiger partial charge in [-0.2, -0.15) is 0 Å². The summed E-state index contributed by atoms with van der Waals surface area (Å²) in [7, 11) is 2.92. The van der Waals surface area contributed by atoms with Crippen molar-refractivity contribution in [2.45, 2.75) is 13.5 Å². The first kappa shape index (κ1) is 22.9. The SMILES string of the molecule is CCOC(=O)c1c(O)c2cc(Cl)c([N+](=O)[O-])cc2n(Cc2ccc(OC)cc2OC)c1=O. The normalized spacial score (nSPS) is 10.8. The molecule has 11 heteroatoms. The van der Waals surface area contributed by atoms with Crippen LogP contribution >= 0.6 is 11.6 Å². The number of rotatable bonds is 7. The molecule has 0 atom stereocenters. The van der Waals surface area contributed by atoms with E-state index in [-0.39, 0.29) is 29.1 Å². The summed E-state index contributed by atoms with van der Waals surface area (Å²) >= 11 is 6.01. The number of hydrogen-bond acceptors (Lipinski definition) is 8. The number of benzene rings is 2. The van der Waals surface area contributed by atoms with Crippen LogP contribution in [0.2, 0.25) is 5.02 Å². The van der Waals surface area contributed by atoms with Gasteiger partial charge in [0.2, 0.25) is 0 Å². The number of aromatic nitrogens is 1. The van der Waals surface area contributed by atoms with Crippen LogP contribution in [0.5, 0.6) is 17.2 Å². The minimum absolute atomic E-state index is 0.00881. The lowest BCUT2D eigenvalue weighted by atomic mass is 10.1. The zero-order valence-electron chi connectivity index (χ0n) is 17.4. The van der Waals surface area contributed by atoms with Gasteiger partial charge >= 0.3 is 5.97 Å². The average molecular weight is 463 g/mol. The maximum atomic E-state index is 13.2. The van der Waals surface area contributed by atoms with Gasteiger partial charge in [0.25, 0.3) is 11.2 Å². The summed E-state index contributed by atoms with van der Waals surface area (Å²) in [5.74, 6) is -0.790. The summed E-state index contributed by atoms with van der Waals surface area (Å²) in [6.45, 7) is 1.40. The first-order valence-electron chi connectivity index (χ1n) is 9.34. The van der Waals surface area contributed by atoms with Crippen LogP contribution in [0, 0.1) is 10.1 Å². The molecule has 3 aromatic rings. The maximum absolute atomic E-state index is 13.2. The summed E-state index contributed by atoms with van der Waals surface area (Å²) in [4.78, 5) is 36.4. The van der Waals surface area contributed by atoms with Crippen molar-refractivity contribution in [3.05, 3.63) is 66.9 Å². The highest BCUT2D eigenvalue weighted by Gasteiger charge is 2.26. The third kappa shape index (κ3) is 4.04. The first-order chi connectivity index (χ1) is 15.2. The fourth-order valence-corrected chi connectivity index (χ4v) is 3.51. The lowest BCUT2D eigenvalue weighted by Gasteiger charge is -2.17. The van der Waals surface area contributed by atoms with Crippen LogP contribution < -0.4 is 15.0 Å².